The normalized spacial score (nSPS) is 15.3. The zero-order valence-corrected chi connectivity index (χ0v) is 13.9. The maximum Gasteiger partial charge on any atom is 0.161 e. The molecule has 0 saturated carbocycles. The first kappa shape index (κ1) is 18.1. The zero-order valence-electron chi connectivity index (χ0n) is 13.1. The van der Waals surface area contributed by atoms with E-state index in [0.29, 0.717) is 0 Å². The maximum atomic E-state index is 5.82. The molecule has 1 N–H and O–H groups in total. The summed E-state index contributed by atoms with van der Waals surface area (Å²) in [5.41, 5.74) is 1.19. The first-order chi connectivity index (χ1) is 9.79. The lowest BCUT2D eigenvalue weighted by Crippen LogP contribution is -2.43. The molecule has 0 unspecified atom stereocenters. The molecular weight excluding hydrogens is 288 g/mol. The van der Waals surface area contributed by atoms with E-state index in [-0.39, 0.29) is 12.4 Å². The van der Waals surface area contributed by atoms with Crippen LogP contribution in [0, 0.1) is 6.92 Å². The summed E-state index contributed by atoms with van der Waals surface area (Å²) in [5, 5.41) is 3.37. The van der Waals surface area contributed by atoms with E-state index in [9.17, 15) is 0 Å². The lowest BCUT2D eigenvalue weighted by molar-refractivity contribution is 0.224. The molecule has 1 aliphatic heterocycles. The van der Waals surface area contributed by atoms with Gasteiger partial charge in [-0.1, -0.05) is 6.07 Å². The summed E-state index contributed by atoms with van der Waals surface area (Å²) in [6.07, 6.45) is 2.27. The third kappa shape index (κ3) is 6.12. The molecule has 0 aliphatic carbocycles. The van der Waals surface area contributed by atoms with Crippen molar-refractivity contribution in [2.45, 2.75) is 19.8 Å². The van der Waals surface area contributed by atoms with E-state index in [0.717, 1.165) is 37.6 Å². The fourth-order valence-corrected chi connectivity index (χ4v) is 2.45. The average Bonchev–Trinajstić information content (AvgIpc) is 2.49. The molecule has 1 heterocycles. The molecule has 1 aliphatic rings. The Labute approximate surface area is 134 Å². The Bertz CT molecular complexity index is 409. The molecule has 120 valence electrons. The van der Waals surface area contributed by atoms with Crippen LogP contribution in [0.2, 0.25) is 0 Å². The van der Waals surface area contributed by atoms with Crippen LogP contribution in [0.15, 0.2) is 18.2 Å². The molecule has 1 saturated heterocycles. The quantitative estimate of drug-likeness (QED) is 0.784. The third-order valence-corrected chi connectivity index (χ3v) is 3.65. The van der Waals surface area contributed by atoms with Crippen molar-refractivity contribution in [3.63, 3.8) is 0 Å². The van der Waals surface area contributed by atoms with Crippen LogP contribution in [-0.2, 0) is 0 Å². The molecule has 0 aromatic heterocycles. The van der Waals surface area contributed by atoms with Crippen LogP contribution in [0.25, 0.3) is 0 Å². The Morgan fingerprint density at radius 2 is 1.90 bits per heavy atom. The number of hydrogen-bond donors (Lipinski definition) is 1. The number of ether oxygens (including phenoxy) is 2. The van der Waals surface area contributed by atoms with Gasteiger partial charge in [0.1, 0.15) is 0 Å². The molecule has 1 aromatic carbocycles. The fourth-order valence-electron chi connectivity index (χ4n) is 2.45. The number of methoxy groups -OCH3 is 1. The van der Waals surface area contributed by atoms with Gasteiger partial charge < -0.3 is 19.7 Å². The molecular formula is C16H27ClN2O2. The SMILES string of the molecule is COc1cc(C)ccc1OCCCCN1CCNCC1.Cl. The van der Waals surface area contributed by atoms with Gasteiger partial charge in [-0.2, -0.15) is 0 Å². The Balaban J connectivity index is 0.00000220. The predicted molar refractivity (Wildman–Crippen MR) is 89.0 cm³/mol. The minimum Gasteiger partial charge on any atom is -0.493 e. The highest BCUT2D eigenvalue weighted by atomic mass is 35.5. The van der Waals surface area contributed by atoms with Gasteiger partial charge in [-0.15, -0.1) is 12.4 Å². The largest absolute Gasteiger partial charge is 0.493 e. The molecule has 0 spiro atoms. The predicted octanol–water partition coefficient (Wildman–Crippen LogP) is 2.49. The van der Waals surface area contributed by atoms with Gasteiger partial charge in [-0.3, -0.25) is 0 Å². The highest BCUT2D eigenvalue weighted by Gasteiger charge is 2.08. The Kier molecular flexibility index (Phi) is 8.50. The highest BCUT2D eigenvalue weighted by molar-refractivity contribution is 5.85. The molecule has 21 heavy (non-hydrogen) atoms. The second-order valence-corrected chi connectivity index (χ2v) is 5.30. The molecule has 2 rings (SSSR count). The molecule has 0 amide bonds. The minimum atomic E-state index is 0. The van der Waals surface area contributed by atoms with Crippen LogP contribution in [0.1, 0.15) is 18.4 Å². The van der Waals surface area contributed by atoms with E-state index in [1.54, 1.807) is 7.11 Å². The number of benzene rings is 1. The number of nitrogens with zero attached hydrogens (tertiary/aromatic N) is 1. The van der Waals surface area contributed by atoms with Crippen molar-refractivity contribution >= 4 is 12.4 Å². The number of halogens is 1. The molecule has 4 nitrogen and oxygen atoms in total. The van der Waals surface area contributed by atoms with Crippen molar-refractivity contribution in [2.75, 3.05) is 46.4 Å². The fraction of sp³-hybridized carbons (Fsp3) is 0.625. The van der Waals surface area contributed by atoms with Crippen LogP contribution < -0.4 is 14.8 Å². The maximum absolute atomic E-state index is 5.82. The van der Waals surface area contributed by atoms with E-state index in [1.807, 2.05) is 12.1 Å². The van der Waals surface area contributed by atoms with Gasteiger partial charge in [-0.05, 0) is 44.0 Å². The van der Waals surface area contributed by atoms with E-state index in [1.165, 1.54) is 31.6 Å². The number of hydrogen-bond acceptors (Lipinski definition) is 4. The summed E-state index contributed by atoms with van der Waals surface area (Å²) in [6.45, 7) is 8.58. The number of rotatable bonds is 7. The van der Waals surface area contributed by atoms with Gasteiger partial charge in [0.2, 0.25) is 0 Å². The summed E-state index contributed by atoms with van der Waals surface area (Å²) in [7, 11) is 1.69. The Morgan fingerprint density at radius 3 is 2.62 bits per heavy atom. The monoisotopic (exact) mass is 314 g/mol. The smallest absolute Gasteiger partial charge is 0.161 e. The van der Waals surface area contributed by atoms with E-state index in [2.05, 4.69) is 23.2 Å². The molecule has 0 radical (unpaired) electrons. The topological polar surface area (TPSA) is 33.7 Å². The highest BCUT2D eigenvalue weighted by Crippen LogP contribution is 2.27. The second kappa shape index (κ2) is 9.87. The lowest BCUT2D eigenvalue weighted by Gasteiger charge is -2.27. The molecule has 0 atom stereocenters. The summed E-state index contributed by atoms with van der Waals surface area (Å²) < 4.78 is 11.2. The van der Waals surface area contributed by atoms with Crippen LogP contribution >= 0.6 is 12.4 Å². The van der Waals surface area contributed by atoms with Gasteiger partial charge in [0.15, 0.2) is 11.5 Å². The van der Waals surface area contributed by atoms with Crippen molar-refractivity contribution in [3.05, 3.63) is 23.8 Å². The molecule has 1 fully saturated rings. The number of nitrogens with one attached hydrogen (secondary N) is 1. The lowest BCUT2D eigenvalue weighted by atomic mass is 10.2. The zero-order chi connectivity index (χ0) is 14.2. The first-order valence-electron chi connectivity index (χ1n) is 7.50. The average molecular weight is 315 g/mol. The number of piperazine rings is 1. The van der Waals surface area contributed by atoms with Crippen LogP contribution in [0.3, 0.4) is 0 Å². The summed E-state index contributed by atoms with van der Waals surface area (Å²) in [6, 6.07) is 6.05. The third-order valence-electron chi connectivity index (χ3n) is 3.65. The van der Waals surface area contributed by atoms with Crippen molar-refractivity contribution in [1.29, 1.82) is 0 Å². The number of aryl methyl sites for hydroxylation is 1. The summed E-state index contributed by atoms with van der Waals surface area (Å²) >= 11 is 0. The molecule has 5 heteroatoms. The number of unbranched alkanes of at least 4 members (excludes halogenated alkanes) is 1. The van der Waals surface area contributed by atoms with Crippen LogP contribution in [-0.4, -0.2) is 51.3 Å². The van der Waals surface area contributed by atoms with Crippen molar-refractivity contribution in [1.82, 2.24) is 10.2 Å². The van der Waals surface area contributed by atoms with Gasteiger partial charge in [0.05, 0.1) is 13.7 Å². The first-order valence-corrected chi connectivity index (χ1v) is 7.50. The molecule has 0 bridgehead atoms. The van der Waals surface area contributed by atoms with Crippen LogP contribution in [0.4, 0.5) is 0 Å². The van der Waals surface area contributed by atoms with Gasteiger partial charge in [-0.25, -0.2) is 0 Å². The minimum absolute atomic E-state index is 0. The van der Waals surface area contributed by atoms with Gasteiger partial charge in [0.25, 0.3) is 0 Å². The molecule has 1 aromatic rings. The van der Waals surface area contributed by atoms with Crippen molar-refractivity contribution in [2.24, 2.45) is 0 Å². The van der Waals surface area contributed by atoms with E-state index < -0.39 is 0 Å². The van der Waals surface area contributed by atoms with Crippen LogP contribution in [0.5, 0.6) is 11.5 Å². The Morgan fingerprint density at radius 1 is 1.14 bits per heavy atom. The standard InChI is InChI=1S/C16H26N2O2.ClH/c1-14-5-6-15(16(13-14)19-2)20-12-4-3-9-18-10-7-17-8-11-18;/h5-6,13,17H,3-4,7-12H2,1-2H3;1H. The summed E-state index contributed by atoms with van der Waals surface area (Å²) in [5.74, 6) is 1.67. The van der Waals surface area contributed by atoms with Gasteiger partial charge >= 0.3 is 0 Å². The van der Waals surface area contributed by atoms with Crippen molar-refractivity contribution in [3.8, 4) is 11.5 Å². The Hall–Kier alpha value is -0.970. The second-order valence-electron chi connectivity index (χ2n) is 5.30. The van der Waals surface area contributed by atoms with E-state index in [4.69, 9.17) is 9.47 Å². The van der Waals surface area contributed by atoms with Crippen molar-refractivity contribution < 1.29 is 9.47 Å². The summed E-state index contributed by atoms with van der Waals surface area (Å²) in [4.78, 5) is 2.52. The van der Waals surface area contributed by atoms with E-state index >= 15 is 0 Å². The van der Waals surface area contributed by atoms with Gasteiger partial charge in [0, 0.05) is 26.2 Å².